The zero-order valence-corrected chi connectivity index (χ0v) is 8.80. The van der Waals surface area contributed by atoms with Crippen molar-refractivity contribution in [3.8, 4) is 5.88 Å². The Hall–Kier alpha value is -2.10. The van der Waals surface area contributed by atoms with Crippen molar-refractivity contribution in [2.75, 3.05) is 6.61 Å². The summed E-state index contributed by atoms with van der Waals surface area (Å²) >= 11 is 0. The molecule has 3 rings (SSSR count). The van der Waals surface area contributed by atoms with Crippen LogP contribution >= 0.6 is 0 Å². The number of aromatic nitrogens is 2. The third-order valence-electron chi connectivity index (χ3n) is 2.42. The molecule has 0 unspecified atom stereocenters. The molecular weight excluding hydrogens is 204 g/mol. The van der Waals surface area contributed by atoms with Crippen LogP contribution < -0.4 is 4.74 Å². The van der Waals surface area contributed by atoms with Gasteiger partial charge in [0.25, 0.3) is 0 Å². The number of para-hydroxylation sites is 1. The Morgan fingerprint density at radius 3 is 3.06 bits per heavy atom. The van der Waals surface area contributed by atoms with Gasteiger partial charge in [0.05, 0.1) is 12.1 Å². The summed E-state index contributed by atoms with van der Waals surface area (Å²) < 4.78 is 10.8. The van der Waals surface area contributed by atoms with E-state index in [0.29, 0.717) is 18.0 Å². The molecule has 1 aromatic carbocycles. The van der Waals surface area contributed by atoms with Gasteiger partial charge in [0, 0.05) is 5.39 Å². The molecule has 0 aliphatic carbocycles. The second-order valence-corrected chi connectivity index (χ2v) is 3.40. The van der Waals surface area contributed by atoms with Crippen molar-refractivity contribution < 1.29 is 9.15 Å². The third kappa shape index (κ3) is 1.23. The number of hydrogen-bond donors (Lipinski definition) is 0. The molecule has 0 saturated heterocycles. The standard InChI is InChI=1S/C12H10N2O2/c1-2-15-12-10-11(16-7-13-10)8-5-3-4-6-9(8)14-12/h3-7H,2H2,1H3. The van der Waals surface area contributed by atoms with E-state index in [0.717, 1.165) is 16.5 Å². The lowest BCUT2D eigenvalue weighted by Gasteiger charge is -2.04. The highest BCUT2D eigenvalue weighted by Crippen LogP contribution is 2.29. The fourth-order valence-corrected chi connectivity index (χ4v) is 1.75. The monoisotopic (exact) mass is 214 g/mol. The first-order chi connectivity index (χ1) is 7.90. The fourth-order valence-electron chi connectivity index (χ4n) is 1.75. The highest BCUT2D eigenvalue weighted by atomic mass is 16.5. The van der Waals surface area contributed by atoms with Crippen LogP contribution in [-0.4, -0.2) is 16.6 Å². The summed E-state index contributed by atoms with van der Waals surface area (Å²) in [4.78, 5) is 8.55. The van der Waals surface area contributed by atoms with Gasteiger partial charge in [0.15, 0.2) is 17.5 Å². The number of ether oxygens (including phenoxy) is 1. The van der Waals surface area contributed by atoms with Crippen LogP contribution in [0.25, 0.3) is 22.0 Å². The van der Waals surface area contributed by atoms with E-state index in [4.69, 9.17) is 9.15 Å². The summed E-state index contributed by atoms with van der Waals surface area (Å²) in [5.74, 6) is 0.532. The molecule has 2 aromatic heterocycles. The molecule has 4 nitrogen and oxygen atoms in total. The number of oxazole rings is 1. The normalized spacial score (nSPS) is 11.1. The van der Waals surface area contributed by atoms with Crippen LogP contribution in [-0.2, 0) is 0 Å². The lowest BCUT2D eigenvalue weighted by atomic mass is 10.2. The van der Waals surface area contributed by atoms with Crippen LogP contribution in [0.3, 0.4) is 0 Å². The van der Waals surface area contributed by atoms with Gasteiger partial charge in [0.2, 0.25) is 5.88 Å². The minimum absolute atomic E-state index is 0.532. The van der Waals surface area contributed by atoms with Gasteiger partial charge < -0.3 is 9.15 Å². The lowest BCUT2D eigenvalue weighted by Crippen LogP contribution is -1.95. The van der Waals surface area contributed by atoms with E-state index in [1.807, 2.05) is 31.2 Å². The average Bonchev–Trinajstić information content (AvgIpc) is 2.79. The largest absolute Gasteiger partial charge is 0.476 e. The van der Waals surface area contributed by atoms with Gasteiger partial charge in [-0.25, -0.2) is 9.97 Å². The van der Waals surface area contributed by atoms with Crippen LogP contribution in [0.2, 0.25) is 0 Å². The number of rotatable bonds is 2. The summed E-state index contributed by atoms with van der Waals surface area (Å²) in [6.07, 6.45) is 1.42. The predicted octanol–water partition coefficient (Wildman–Crippen LogP) is 2.77. The topological polar surface area (TPSA) is 48.2 Å². The molecule has 0 fully saturated rings. The predicted molar refractivity (Wildman–Crippen MR) is 60.5 cm³/mol. The van der Waals surface area contributed by atoms with Crippen LogP contribution in [0.4, 0.5) is 0 Å². The molecule has 3 aromatic rings. The Morgan fingerprint density at radius 2 is 2.19 bits per heavy atom. The molecule has 0 N–H and O–H groups in total. The van der Waals surface area contributed by atoms with Crippen LogP contribution in [0, 0.1) is 0 Å². The van der Waals surface area contributed by atoms with Gasteiger partial charge in [0.1, 0.15) is 0 Å². The Bertz CT molecular complexity index is 646. The molecule has 16 heavy (non-hydrogen) atoms. The van der Waals surface area contributed by atoms with Crippen molar-refractivity contribution in [3.63, 3.8) is 0 Å². The van der Waals surface area contributed by atoms with Crippen LogP contribution in [0.15, 0.2) is 35.1 Å². The van der Waals surface area contributed by atoms with Gasteiger partial charge in [-0.05, 0) is 19.1 Å². The molecule has 0 aliphatic rings. The quantitative estimate of drug-likeness (QED) is 0.658. The number of pyridine rings is 1. The minimum Gasteiger partial charge on any atom is -0.476 e. The summed E-state index contributed by atoms with van der Waals surface area (Å²) in [7, 11) is 0. The fraction of sp³-hybridized carbons (Fsp3) is 0.167. The molecular formula is C12H10N2O2. The maximum atomic E-state index is 5.45. The SMILES string of the molecule is CCOc1nc2ccccc2c2ocnc12. The Balaban J connectivity index is 2.43. The summed E-state index contributed by atoms with van der Waals surface area (Å²) in [5, 5.41) is 0.957. The molecule has 4 heteroatoms. The van der Waals surface area contributed by atoms with Gasteiger partial charge >= 0.3 is 0 Å². The van der Waals surface area contributed by atoms with Crippen LogP contribution in [0.1, 0.15) is 6.92 Å². The van der Waals surface area contributed by atoms with Gasteiger partial charge in [-0.3, -0.25) is 0 Å². The zero-order valence-electron chi connectivity index (χ0n) is 8.80. The van der Waals surface area contributed by atoms with E-state index >= 15 is 0 Å². The molecule has 0 spiro atoms. The maximum absolute atomic E-state index is 5.45. The maximum Gasteiger partial charge on any atom is 0.244 e. The van der Waals surface area contributed by atoms with Crippen molar-refractivity contribution in [1.82, 2.24) is 9.97 Å². The second-order valence-electron chi connectivity index (χ2n) is 3.40. The first kappa shape index (κ1) is 9.15. The molecule has 0 saturated carbocycles. The van der Waals surface area contributed by atoms with Crippen LogP contribution in [0.5, 0.6) is 5.88 Å². The Labute approximate surface area is 91.9 Å². The highest BCUT2D eigenvalue weighted by molar-refractivity contribution is 6.02. The number of nitrogens with zero attached hydrogens (tertiary/aromatic N) is 2. The first-order valence-electron chi connectivity index (χ1n) is 5.15. The van der Waals surface area contributed by atoms with Gasteiger partial charge in [-0.2, -0.15) is 0 Å². The van der Waals surface area contributed by atoms with E-state index < -0.39 is 0 Å². The van der Waals surface area contributed by atoms with Crippen molar-refractivity contribution in [2.24, 2.45) is 0 Å². The van der Waals surface area contributed by atoms with Gasteiger partial charge in [-0.15, -0.1) is 0 Å². The molecule has 2 heterocycles. The molecule has 80 valence electrons. The smallest absolute Gasteiger partial charge is 0.244 e. The second kappa shape index (κ2) is 3.48. The first-order valence-corrected chi connectivity index (χ1v) is 5.15. The van der Waals surface area contributed by atoms with Crippen molar-refractivity contribution >= 4 is 22.0 Å². The van der Waals surface area contributed by atoms with E-state index in [1.165, 1.54) is 6.39 Å². The van der Waals surface area contributed by atoms with Crippen molar-refractivity contribution in [1.29, 1.82) is 0 Å². The van der Waals surface area contributed by atoms with E-state index in [9.17, 15) is 0 Å². The van der Waals surface area contributed by atoms with E-state index in [1.54, 1.807) is 0 Å². The Morgan fingerprint density at radius 1 is 1.31 bits per heavy atom. The lowest BCUT2D eigenvalue weighted by molar-refractivity contribution is 0.332. The van der Waals surface area contributed by atoms with Gasteiger partial charge in [-0.1, -0.05) is 12.1 Å². The average molecular weight is 214 g/mol. The van der Waals surface area contributed by atoms with E-state index in [2.05, 4.69) is 9.97 Å². The Kier molecular flexibility index (Phi) is 1.99. The molecule has 0 aliphatic heterocycles. The van der Waals surface area contributed by atoms with Crippen molar-refractivity contribution in [3.05, 3.63) is 30.7 Å². The summed E-state index contributed by atoms with van der Waals surface area (Å²) in [5.41, 5.74) is 2.27. The van der Waals surface area contributed by atoms with Crippen molar-refractivity contribution in [2.45, 2.75) is 6.92 Å². The minimum atomic E-state index is 0.532. The number of benzene rings is 1. The zero-order chi connectivity index (χ0) is 11.0. The molecule has 0 radical (unpaired) electrons. The number of fused-ring (bicyclic) bond motifs is 3. The third-order valence-corrected chi connectivity index (χ3v) is 2.42. The summed E-state index contributed by atoms with van der Waals surface area (Å²) in [6, 6.07) is 7.78. The molecule has 0 amide bonds. The highest BCUT2D eigenvalue weighted by Gasteiger charge is 2.12. The van der Waals surface area contributed by atoms with E-state index in [-0.39, 0.29) is 0 Å². The number of hydrogen-bond acceptors (Lipinski definition) is 4. The molecule has 0 bridgehead atoms. The summed E-state index contributed by atoms with van der Waals surface area (Å²) in [6.45, 7) is 2.48. The molecule has 0 atom stereocenters.